The van der Waals surface area contributed by atoms with E-state index in [2.05, 4.69) is 5.32 Å². The van der Waals surface area contributed by atoms with Crippen LogP contribution in [0.1, 0.15) is 17.4 Å². The highest BCUT2D eigenvalue weighted by molar-refractivity contribution is 5.23. The van der Waals surface area contributed by atoms with Crippen LogP contribution in [0.3, 0.4) is 0 Å². The standard InChI is InChI=1S/C9H13NO2/c1-10-6-7-3-2-4-8(5-7)9(11)12/h2-5,9-12H,6H2,1H3. The molecule has 0 radical (unpaired) electrons. The molecule has 0 unspecified atom stereocenters. The van der Waals surface area contributed by atoms with Gasteiger partial charge < -0.3 is 15.5 Å². The van der Waals surface area contributed by atoms with Crippen molar-refractivity contribution in [3.05, 3.63) is 35.4 Å². The van der Waals surface area contributed by atoms with Gasteiger partial charge in [0.05, 0.1) is 0 Å². The van der Waals surface area contributed by atoms with Gasteiger partial charge in [-0.05, 0) is 18.7 Å². The van der Waals surface area contributed by atoms with Crippen LogP contribution in [0.25, 0.3) is 0 Å². The molecule has 1 aromatic rings. The first-order valence-corrected chi connectivity index (χ1v) is 3.83. The molecule has 0 heterocycles. The number of aliphatic hydroxyl groups excluding tert-OH is 1. The summed E-state index contributed by atoms with van der Waals surface area (Å²) in [5.74, 6) is 0. The second-order valence-electron chi connectivity index (χ2n) is 2.65. The summed E-state index contributed by atoms with van der Waals surface area (Å²) >= 11 is 0. The van der Waals surface area contributed by atoms with Crippen molar-refractivity contribution in [3.8, 4) is 0 Å². The summed E-state index contributed by atoms with van der Waals surface area (Å²) in [6, 6.07) is 7.19. The van der Waals surface area contributed by atoms with Crippen molar-refractivity contribution in [3.63, 3.8) is 0 Å². The van der Waals surface area contributed by atoms with Gasteiger partial charge in [0.2, 0.25) is 0 Å². The van der Waals surface area contributed by atoms with E-state index in [0.717, 1.165) is 12.1 Å². The highest BCUT2D eigenvalue weighted by Gasteiger charge is 2.01. The molecular formula is C9H13NO2. The Morgan fingerprint density at radius 3 is 2.75 bits per heavy atom. The van der Waals surface area contributed by atoms with Gasteiger partial charge in [0.15, 0.2) is 6.29 Å². The monoisotopic (exact) mass is 167 g/mol. The number of aliphatic hydroxyl groups is 2. The Bertz CT molecular complexity index is 248. The molecule has 1 rings (SSSR count). The van der Waals surface area contributed by atoms with Gasteiger partial charge in [-0.3, -0.25) is 0 Å². The number of rotatable bonds is 3. The zero-order chi connectivity index (χ0) is 8.97. The first kappa shape index (κ1) is 9.19. The molecule has 66 valence electrons. The van der Waals surface area contributed by atoms with Crippen LogP contribution >= 0.6 is 0 Å². The molecule has 12 heavy (non-hydrogen) atoms. The van der Waals surface area contributed by atoms with E-state index < -0.39 is 6.29 Å². The molecule has 0 aliphatic heterocycles. The van der Waals surface area contributed by atoms with Crippen molar-refractivity contribution < 1.29 is 10.2 Å². The number of benzene rings is 1. The fourth-order valence-corrected chi connectivity index (χ4v) is 1.07. The van der Waals surface area contributed by atoms with Crippen LogP contribution in [0.15, 0.2) is 24.3 Å². The third-order valence-electron chi connectivity index (χ3n) is 1.63. The Hall–Kier alpha value is -0.900. The lowest BCUT2D eigenvalue weighted by Gasteiger charge is -2.05. The summed E-state index contributed by atoms with van der Waals surface area (Å²) in [5.41, 5.74) is 1.57. The number of hydrogen-bond acceptors (Lipinski definition) is 3. The zero-order valence-electron chi connectivity index (χ0n) is 6.99. The van der Waals surface area contributed by atoms with E-state index in [-0.39, 0.29) is 0 Å². The van der Waals surface area contributed by atoms with Gasteiger partial charge in [0, 0.05) is 12.1 Å². The lowest BCUT2D eigenvalue weighted by molar-refractivity contribution is -0.0425. The topological polar surface area (TPSA) is 52.5 Å². The molecule has 3 heteroatoms. The van der Waals surface area contributed by atoms with Crippen LogP contribution in [0.4, 0.5) is 0 Å². The molecular weight excluding hydrogens is 154 g/mol. The fourth-order valence-electron chi connectivity index (χ4n) is 1.07. The number of hydrogen-bond donors (Lipinski definition) is 3. The van der Waals surface area contributed by atoms with Gasteiger partial charge in [-0.2, -0.15) is 0 Å². The minimum atomic E-state index is -1.37. The lowest BCUT2D eigenvalue weighted by Crippen LogP contribution is -2.05. The average molecular weight is 167 g/mol. The molecule has 0 aliphatic carbocycles. The summed E-state index contributed by atoms with van der Waals surface area (Å²) in [6.07, 6.45) is -1.37. The summed E-state index contributed by atoms with van der Waals surface area (Å²) < 4.78 is 0. The van der Waals surface area contributed by atoms with Crippen molar-refractivity contribution in [1.29, 1.82) is 0 Å². The Labute approximate surface area is 71.7 Å². The summed E-state index contributed by atoms with van der Waals surface area (Å²) in [7, 11) is 1.85. The maximum atomic E-state index is 8.85. The molecule has 3 nitrogen and oxygen atoms in total. The van der Waals surface area contributed by atoms with Crippen molar-refractivity contribution in [1.82, 2.24) is 5.32 Å². The van der Waals surface area contributed by atoms with Gasteiger partial charge in [0.25, 0.3) is 0 Å². The van der Waals surface area contributed by atoms with Crippen LogP contribution < -0.4 is 5.32 Å². The van der Waals surface area contributed by atoms with Crippen molar-refractivity contribution >= 4 is 0 Å². The van der Waals surface area contributed by atoms with E-state index in [1.165, 1.54) is 0 Å². The fraction of sp³-hybridized carbons (Fsp3) is 0.333. The van der Waals surface area contributed by atoms with E-state index >= 15 is 0 Å². The van der Waals surface area contributed by atoms with Gasteiger partial charge in [0.1, 0.15) is 0 Å². The van der Waals surface area contributed by atoms with E-state index in [9.17, 15) is 0 Å². The van der Waals surface area contributed by atoms with Gasteiger partial charge >= 0.3 is 0 Å². The maximum absolute atomic E-state index is 8.85. The summed E-state index contributed by atoms with van der Waals surface area (Å²) in [6.45, 7) is 0.737. The maximum Gasteiger partial charge on any atom is 0.178 e. The average Bonchev–Trinajstić information content (AvgIpc) is 2.05. The van der Waals surface area contributed by atoms with Gasteiger partial charge in [-0.15, -0.1) is 0 Å². The van der Waals surface area contributed by atoms with Gasteiger partial charge in [-0.1, -0.05) is 18.2 Å². The Morgan fingerprint density at radius 1 is 1.42 bits per heavy atom. The van der Waals surface area contributed by atoms with Crippen molar-refractivity contribution in [2.45, 2.75) is 12.8 Å². The summed E-state index contributed by atoms with van der Waals surface area (Å²) in [5, 5.41) is 20.7. The molecule has 0 aliphatic rings. The predicted molar refractivity (Wildman–Crippen MR) is 46.4 cm³/mol. The van der Waals surface area contributed by atoms with E-state index in [1.807, 2.05) is 13.1 Å². The molecule has 0 atom stereocenters. The summed E-state index contributed by atoms with van der Waals surface area (Å²) in [4.78, 5) is 0. The highest BCUT2D eigenvalue weighted by Crippen LogP contribution is 2.11. The van der Waals surface area contributed by atoms with Crippen LogP contribution in [0, 0.1) is 0 Å². The second-order valence-corrected chi connectivity index (χ2v) is 2.65. The Balaban J connectivity index is 2.81. The zero-order valence-corrected chi connectivity index (χ0v) is 6.99. The van der Waals surface area contributed by atoms with Crippen molar-refractivity contribution in [2.24, 2.45) is 0 Å². The molecule has 1 aromatic carbocycles. The SMILES string of the molecule is CNCc1cccc(C(O)O)c1. The third-order valence-corrected chi connectivity index (χ3v) is 1.63. The predicted octanol–water partition coefficient (Wildman–Crippen LogP) is 0.389. The molecule has 0 bridgehead atoms. The van der Waals surface area contributed by atoms with E-state index in [0.29, 0.717) is 5.56 Å². The smallest absolute Gasteiger partial charge is 0.178 e. The van der Waals surface area contributed by atoms with E-state index in [1.54, 1.807) is 18.2 Å². The molecule has 0 fully saturated rings. The second kappa shape index (κ2) is 4.21. The molecule has 0 amide bonds. The third kappa shape index (κ3) is 2.30. The van der Waals surface area contributed by atoms with Crippen LogP contribution in [0.2, 0.25) is 0 Å². The highest BCUT2D eigenvalue weighted by atomic mass is 16.5. The normalized spacial score (nSPS) is 10.7. The molecule has 3 N–H and O–H groups in total. The first-order valence-electron chi connectivity index (χ1n) is 3.83. The lowest BCUT2D eigenvalue weighted by atomic mass is 10.1. The Kier molecular flexibility index (Phi) is 3.22. The van der Waals surface area contributed by atoms with Crippen molar-refractivity contribution in [2.75, 3.05) is 7.05 Å². The molecule has 0 spiro atoms. The Morgan fingerprint density at radius 2 is 2.17 bits per heavy atom. The largest absolute Gasteiger partial charge is 0.364 e. The quantitative estimate of drug-likeness (QED) is 0.571. The van der Waals surface area contributed by atoms with E-state index in [4.69, 9.17) is 10.2 Å². The minimum absolute atomic E-state index is 0.530. The first-order chi connectivity index (χ1) is 5.74. The molecule has 0 saturated heterocycles. The number of nitrogens with one attached hydrogen (secondary N) is 1. The van der Waals surface area contributed by atoms with Gasteiger partial charge in [-0.25, -0.2) is 0 Å². The van der Waals surface area contributed by atoms with Crippen LogP contribution in [0.5, 0.6) is 0 Å². The van der Waals surface area contributed by atoms with Crippen LogP contribution in [-0.2, 0) is 6.54 Å². The molecule has 0 aromatic heterocycles. The minimum Gasteiger partial charge on any atom is -0.364 e. The molecule has 0 saturated carbocycles. The van der Waals surface area contributed by atoms with Crippen LogP contribution in [-0.4, -0.2) is 17.3 Å².